The van der Waals surface area contributed by atoms with Crippen LogP contribution in [0.5, 0.6) is 0 Å². The summed E-state index contributed by atoms with van der Waals surface area (Å²) in [4.78, 5) is 14.5. The van der Waals surface area contributed by atoms with Crippen LogP contribution in [-0.4, -0.2) is 10.8 Å². The molecule has 2 bridgehead atoms. The summed E-state index contributed by atoms with van der Waals surface area (Å²) in [6, 6.07) is 0. The number of carbonyl (C=O) groups excluding carboxylic acids is 1. The van der Waals surface area contributed by atoms with E-state index in [1.165, 1.54) is 22.3 Å². The summed E-state index contributed by atoms with van der Waals surface area (Å²) >= 11 is 0. The average molecular weight is 169 g/mol. The first-order chi connectivity index (χ1) is 6.34. The number of rotatable bonds is 0. The maximum absolute atomic E-state index is 11.4. The number of aromatic amines is 1. The second-order valence-corrected chi connectivity index (χ2v) is 3.95. The Kier molecular flexibility index (Phi) is 0.659. The zero-order valence-corrected chi connectivity index (χ0v) is 6.92. The van der Waals surface area contributed by atoms with Crippen LogP contribution >= 0.6 is 0 Å². The standard InChI is InChI=1S/C11H7NO/c13-10-3-11(10)8-1-2-9(11)7-5-12-4-6(7)8/h1-2,4-5,12H,3H2. The summed E-state index contributed by atoms with van der Waals surface area (Å²) in [6.45, 7) is 0. The highest BCUT2D eigenvalue weighted by molar-refractivity contribution is 6.28. The van der Waals surface area contributed by atoms with Gasteiger partial charge in [-0.05, 0) is 11.1 Å². The van der Waals surface area contributed by atoms with E-state index >= 15 is 0 Å². The molecule has 0 atom stereocenters. The van der Waals surface area contributed by atoms with Crippen LogP contribution in [0, 0.1) is 5.41 Å². The molecule has 1 N–H and O–H groups in total. The van der Waals surface area contributed by atoms with Gasteiger partial charge in [0.2, 0.25) is 0 Å². The molecule has 0 saturated heterocycles. The third-order valence-corrected chi connectivity index (χ3v) is 3.44. The van der Waals surface area contributed by atoms with E-state index in [-0.39, 0.29) is 5.41 Å². The predicted molar refractivity (Wildman–Crippen MR) is 48.8 cm³/mol. The van der Waals surface area contributed by atoms with Crippen molar-refractivity contribution in [1.82, 2.24) is 4.98 Å². The second kappa shape index (κ2) is 1.43. The molecule has 62 valence electrons. The van der Waals surface area contributed by atoms with E-state index in [4.69, 9.17) is 0 Å². The van der Waals surface area contributed by atoms with Gasteiger partial charge in [0.15, 0.2) is 0 Å². The summed E-state index contributed by atoms with van der Waals surface area (Å²) in [5, 5.41) is 0. The van der Waals surface area contributed by atoms with Crippen molar-refractivity contribution in [2.75, 3.05) is 0 Å². The van der Waals surface area contributed by atoms with Gasteiger partial charge < -0.3 is 4.98 Å². The third kappa shape index (κ3) is 0.412. The minimum Gasteiger partial charge on any atom is -0.366 e. The zero-order valence-electron chi connectivity index (χ0n) is 6.92. The van der Waals surface area contributed by atoms with Crippen LogP contribution in [-0.2, 0) is 4.79 Å². The number of ketones is 1. The Bertz CT molecular complexity index is 481. The molecule has 1 fully saturated rings. The van der Waals surface area contributed by atoms with Crippen molar-refractivity contribution in [3.05, 3.63) is 35.7 Å². The lowest BCUT2D eigenvalue weighted by Crippen LogP contribution is -1.97. The van der Waals surface area contributed by atoms with Gasteiger partial charge in [0.05, 0.1) is 5.41 Å². The molecule has 0 aliphatic heterocycles. The van der Waals surface area contributed by atoms with Gasteiger partial charge in [-0.15, -0.1) is 0 Å². The third-order valence-electron chi connectivity index (χ3n) is 3.44. The number of H-pyrrole nitrogens is 1. The van der Waals surface area contributed by atoms with E-state index in [0.29, 0.717) is 5.78 Å². The highest BCUT2D eigenvalue weighted by Gasteiger charge is 2.64. The highest BCUT2D eigenvalue weighted by atomic mass is 16.1. The van der Waals surface area contributed by atoms with Crippen LogP contribution < -0.4 is 0 Å². The first-order valence-corrected chi connectivity index (χ1v) is 4.48. The van der Waals surface area contributed by atoms with E-state index in [1.54, 1.807) is 0 Å². The number of Topliss-reactive ketones (excluding diaryl/α,β-unsaturated/α-hetero) is 1. The molecule has 0 amide bonds. The predicted octanol–water partition coefficient (Wildman–Crippen LogP) is 1.77. The van der Waals surface area contributed by atoms with Crippen molar-refractivity contribution >= 4 is 16.9 Å². The Morgan fingerprint density at radius 3 is 2.15 bits per heavy atom. The highest BCUT2D eigenvalue weighted by Crippen LogP contribution is 2.68. The van der Waals surface area contributed by atoms with E-state index in [9.17, 15) is 4.79 Å². The molecule has 1 saturated carbocycles. The van der Waals surface area contributed by atoms with E-state index in [2.05, 4.69) is 17.1 Å². The fourth-order valence-electron chi connectivity index (χ4n) is 2.73. The first kappa shape index (κ1) is 5.97. The molecule has 1 aromatic rings. The van der Waals surface area contributed by atoms with Crippen LogP contribution in [0.25, 0.3) is 11.1 Å². The lowest BCUT2D eigenvalue weighted by Gasteiger charge is -2.02. The zero-order chi connectivity index (χ0) is 8.63. The van der Waals surface area contributed by atoms with Gasteiger partial charge in [0.1, 0.15) is 5.78 Å². The lowest BCUT2D eigenvalue weighted by molar-refractivity contribution is -0.111. The monoisotopic (exact) mass is 169 g/mol. The fourth-order valence-corrected chi connectivity index (χ4v) is 2.73. The normalized spacial score (nSPS) is 24.8. The van der Waals surface area contributed by atoms with Gasteiger partial charge in [-0.2, -0.15) is 0 Å². The van der Waals surface area contributed by atoms with E-state index < -0.39 is 0 Å². The van der Waals surface area contributed by atoms with E-state index in [1.807, 2.05) is 12.4 Å². The topological polar surface area (TPSA) is 32.9 Å². The van der Waals surface area contributed by atoms with Crippen molar-refractivity contribution in [2.45, 2.75) is 6.42 Å². The van der Waals surface area contributed by atoms with Gasteiger partial charge in [0.25, 0.3) is 0 Å². The molecule has 3 aliphatic carbocycles. The molecule has 13 heavy (non-hydrogen) atoms. The average Bonchev–Trinajstić information content (AvgIpc) is 2.55. The minimum absolute atomic E-state index is 0.167. The van der Waals surface area contributed by atoms with Gasteiger partial charge in [-0.1, -0.05) is 12.2 Å². The SMILES string of the molecule is O=C1CC12C1=CC=C2c2c[nH]cc21. The van der Waals surface area contributed by atoms with Gasteiger partial charge in [-0.3, -0.25) is 4.79 Å². The molecular formula is C11H7NO. The largest absolute Gasteiger partial charge is 0.366 e. The number of hydrogen-bond acceptors (Lipinski definition) is 1. The van der Waals surface area contributed by atoms with Crippen LogP contribution in [0.15, 0.2) is 24.5 Å². The molecule has 1 aromatic heterocycles. The molecule has 0 unspecified atom stereocenters. The number of carbonyl (C=O) groups is 1. The molecular weight excluding hydrogens is 162 g/mol. The summed E-state index contributed by atoms with van der Waals surface area (Å²) in [6.07, 6.45) is 8.90. The molecule has 0 radical (unpaired) electrons. The fraction of sp³-hybridized carbons (Fsp3) is 0.182. The van der Waals surface area contributed by atoms with Crippen molar-refractivity contribution in [1.29, 1.82) is 0 Å². The van der Waals surface area contributed by atoms with Gasteiger partial charge in [0, 0.05) is 29.9 Å². The molecule has 1 spiro atoms. The molecule has 1 heterocycles. The number of aromatic nitrogens is 1. The number of fused-ring (bicyclic) bond motifs is 3. The Hall–Kier alpha value is -1.57. The van der Waals surface area contributed by atoms with Crippen LogP contribution in [0.4, 0.5) is 0 Å². The summed E-state index contributed by atoms with van der Waals surface area (Å²) in [5.74, 6) is 0.388. The molecule has 0 aromatic carbocycles. The molecule has 2 heteroatoms. The summed E-state index contributed by atoms with van der Waals surface area (Å²) < 4.78 is 0. The Labute approximate surface area is 75.0 Å². The van der Waals surface area contributed by atoms with Crippen LogP contribution in [0.2, 0.25) is 0 Å². The maximum Gasteiger partial charge on any atom is 0.149 e. The second-order valence-electron chi connectivity index (χ2n) is 3.95. The minimum atomic E-state index is -0.167. The number of nitrogens with one attached hydrogen (secondary N) is 1. The quantitative estimate of drug-likeness (QED) is 0.630. The summed E-state index contributed by atoms with van der Waals surface area (Å²) in [5.41, 5.74) is 4.76. The number of hydrogen-bond donors (Lipinski definition) is 1. The smallest absolute Gasteiger partial charge is 0.149 e. The van der Waals surface area contributed by atoms with Crippen molar-refractivity contribution in [2.24, 2.45) is 5.41 Å². The van der Waals surface area contributed by atoms with Crippen LogP contribution in [0.1, 0.15) is 17.5 Å². The maximum atomic E-state index is 11.4. The Balaban J connectivity index is 2.12. The summed E-state index contributed by atoms with van der Waals surface area (Å²) in [7, 11) is 0. The van der Waals surface area contributed by atoms with Crippen molar-refractivity contribution in [3.63, 3.8) is 0 Å². The van der Waals surface area contributed by atoms with Crippen molar-refractivity contribution in [3.8, 4) is 0 Å². The van der Waals surface area contributed by atoms with E-state index in [0.717, 1.165) is 6.42 Å². The molecule has 3 aliphatic rings. The van der Waals surface area contributed by atoms with Gasteiger partial charge >= 0.3 is 0 Å². The first-order valence-electron chi connectivity index (χ1n) is 4.48. The number of allylic oxidation sites excluding steroid dienone is 4. The lowest BCUT2D eigenvalue weighted by atomic mass is 9.98. The Morgan fingerprint density at radius 1 is 1.15 bits per heavy atom. The Morgan fingerprint density at radius 2 is 1.69 bits per heavy atom. The van der Waals surface area contributed by atoms with Crippen LogP contribution in [0.3, 0.4) is 0 Å². The van der Waals surface area contributed by atoms with Gasteiger partial charge in [-0.25, -0.2) is 0 Å². The molecule has 4 rings (SSSR count). The molecule has 2 nitrogen and oxygen atoms in total. The van der Waals surface area contributed by atoms with Crippen molar-refractivity contribution < 1.29 is 4.79 Å².